The monoisotopic (exact) mass is 417 g/mol. The van der Waals surface area contributed by atoms with Gasteiger partial charge in [-0.05, 0) is 44.2 Å². The van der Waals surface area contributed by atoms with E-state index in [9.17, 15) is 14.4 Å². The van der Waals surface area contributed by atoms with Gasteiger partial charge >= 0.3 is 0 Å². The molecule has 29 heavy (non-hydrogen) atoms. The Morgan fingerprint density at radius 1 is 0.862 bits per heavy atom. The van der Waals surface area contributed by atoms with Crippen molar-refractivity contribution in [1.82, 2.24) is 9.80 Å². The third-order valence-corrected chi connectivity index (χ3v) is 6.76. The van der Waals surface area contributed by atoms with Crippen LogP contribution >= 0.6 is 11.6 Å². The van der Waals surface area contributed by atoms with Crippen molar-refractivity contribution in [1.29, 1.82) is 0 Å². The molecule has 156 valence electrons. The molecule has 1 atom stereocenters. The van der Waals surface area contributed by atoms with E-state index in [-0.39, 0.29) is 36.0 Å². The molecule has 0 saturated carbocycles. The average molecular weight is 418 g/mol. The Labute approximate surface area is 176 Å². The topological polar surface area (TPSA) is 60.9 Å². The lowest BCUT2D eigenvalue weighted by Gasteiger charge is -2.36. The highest BCUT2D eigenvalue weighted by molar-refractivity contribution is 6.33. The van der Waals surface area contributed by atoms with Crippen molar-refractivity contribution in [3.63, 3.8) is 0 Å². The summed E-state index contributed by atoms with van der Waals surface area (Å²) in [7, 11) is 0. The van der Waals surface area contributed by atoms with Crippen molar-refractivity contribution >= 4 is 35.0 Å². The van der Waals surface area contributed by atoms with Crippen LogP contribution in [0.1, 0.15) is 38.5 Å². The van der Waals surface area contributed by atoms with Crippen molar-refractivity contribution in [3.05, 3.63) is 29.3 Å². The van der Waals surface area contributed by atoms with Crippen molar-refractivity contribution < 1.29 is 14.4 Å². The zero-order chi connectivity index (χ0) is 20.4. The van der Waals surface area contributed by atoms with Crippen LogP contribution in [0.3, 0.4) is 0 Å². The van der Waals surface area contributed by atoms with E-state index in [1.807, 2.05) is 28.0 Å². The molecular weight excluding hydrogens is 390 g/mol. The Balaban J connectivity index is 1.32. The minimum Gasteiger partial charge on any atom is -0.342 e. The number of hydrogen-bond donors (Lipinski definition) is 0. The summed E-state index contributed by atoms with van der Waals surface area (Å²) in [5.74, 6) is -0.0868. The molecule has 0 bridgehead atoms. The minimum atomic E-state index is -0.340. The highest BCUT2D eigenvalue weighted by Crippen LogP contribution is 2.32. The lowest BCUT2D eigenvalue weighted by Crippen LogP contribution is -2.47. The summed E-state index contributed by atoms with van der Waals surface area (Å²) in [6.07, 6.45) is 5.06. The molecule has 0 aromatic heterocycles. The smallest absolute Gasteiger partial charge is 0.228 e. The van der Waals surface area contributed by atoms with Crippen molar-refractivity contribution in [2.24, 2.45) is 11.8 Å². The number of para-hydroxylation sites is 1. The molecule has 4 rings (SSSR count). The number of benzene rings is 1. The van der Waals surface area contributed by atoms with Crippen LogP contribution in [0.4, 0.5) is 5.69 Å². The first kappa shape index (κ1) is 20.2. The second-order valence-corrected chi connectivity index (χ2v) is 8.75. The zero-order valence-corrected chi connectivity index (χ0v) is 17.4. The van der Waals surface area contributed by atoms with Gasteiger partial charge in [-0.25, -0.2) is 0 Å². The number of hydrogen-bond acceptors (Lipinski definition) is 3. The van der Waals surface area contributed by atoms with E-state index >= 15 is 0 Å². The molecule has 0 radical (unpaired) electrons. The molecule has 3 fully saturated rings. The molecule has 1 aromatic carbocycles. The summed E-state index contributed by atoms with van der Waals surface area (Å²) >= 11 is 6.23. The molecule has 1 unspecified atom stereocenters. The molecule has 1 aromatic rings. The Bertz CT molecular complexity index is 785. The third kappa shape index (κ3) is 4.27. The highest BCUT2D eigenvalue weighted by Gasteiger charge is 2.39. The van der Waals surface area contributed by atoms with Crippen LogP contribution in [0.5, 0.6) is 0 Å². The van der Waals surface area contributed by atoms with E-state index in [4.69, 9.17) is 11.6 Å². The van der Waals surface area contributed by atoms with Crippen LogP contribution in [0, 0.1) is 11.8 Å². The molecule has 3 heterocycles. The number of carbonyl (C=O) groups excluding carboxylic acids is 3. The third-order valence-electron chi connectivity index (χ3n) is 6.44. The maximum Gasteiger partial charge on any atom is 0.228 e. The van der Waals surface area contributed by atoms with Crippen LogP contribution in [-0.2, 0) is 14.4 Å². The Morgan fingerprint density at radius 2 is 1.48 bits per heavy atom. The normalized spacial score (nSPS) is 23.6. The van der Waals surface area contributed by atoms with E-state index in [1.165, 1.54) is 6.42 Å². The molecule has 0 N–H and O–H groups in total. The van der Waals surface area contributed by atoms with Gasteiger partial charge in [-0.15, -0.1) is 0 Å². The van der Waals surface area contributed by atoms with Gasteiger partial charge in [0.15, 0.2) is 0 Å². The van der Waals surface area contributed by atoms with E-state index in [0.717, 1.165) is 38.8 Å². The predicted octanol–water partition coefficient (Wildman–Crippen LogP) is 2.94. The standard InChI is InChI=1S/C22H28ClN3O3/c23-18-6-2-3-7-19(18)26-15-17(14-20(26)27)22(29)25-12-8-16(9-13-25)21(28)24-10-4-1-5-11-24/h2-3,6-7,16-17H,1,4-5,8-15H2. The summed E-state index contributed by atoms with van der Waals surface area (Å²) in [6.45, 7) is 3.31. The number of likely N-dealkylation sites (tertiary alicyclic amines) is 2. The first-order valence-electron chi connectivity index (χ1n) is 10.7. The fourth-order valence-corrected chi connectivity index (χ4v) is 4.99. The van der Waals surface area contributed by atoms with Gasteiger partial charge in [0, 0.05) is 45.1 Å². The number of piperidine rings is 2. The van der Waals surface area contributed by atoms with Crippen LogP contribution in [-0.4, -0.2) is 60.2 Å². The van der Waals surface area contributed by atoms with Crippen LogP contribution < -0.4 is 4.90 Å². The number of rotatable bonds is 3. The van der Waals surface area contributed by atoms with E-state index in [2.05, 4.69) is 0 Å². The number of amides is 3. The maximum absolute atomic E-state index is 13.0. The summed E-state index contributed by atoms with van der Waals surface area (Å²) in [6, 6.07) is 7.23. The molecule has 3 amide bonds. The van der Waals surface area contributed by atoms with Gasteiger partial charge in [-0.3, -0.25) is 14.4 Å². The summed E-state index contributed by atoms with van der Waals surface area (Å²) < 4.78 is 0. The molecule has 0 aliphatic carbocycles. The van der Waals surface area contributed by atoms with E-state index in [0.29, 0.717) is 30.3 Å². The van der Waals surface area contributed by atoms with Gasteiger partial charge in [0.2, 0.25) is 17.7 Å². The molecule has 3 saturated heterocycles. The summed E-state index contributed by atoms with van der Waals surface area (Å²) in [5.41, 5.74) is 0.667. The quantitative estimate of drug-likeness (QED) is 0.759. The van der Waals surface area contributed by atoms with E-state index < -0.39 is 0 Å². The Morgan fingerprint density at radius 3 is 2.17 bits per heavy atom. The lowest BCUT2D eigenvalue weighted by atomic mass is 9.93. The largest absolute Gasteiger partial charge is 0.342 e. The fraction of sp³-hybridized carbons (Fsp3) is 0.591. The summed E-state index contributed by atoms with van der Waals surface area (Å²) in [5, 5.41) is 0.519. The van der Waals surface area contributed by atoms with Crippen molar-refractivity contribution in [2.75, 3.05) is 37.6 Å². The predicted molar refractivity (Wildman–Crippen MR) is 112 cm³/mol. The summed E-state index contributed by atoms with van der Waals surface area (Å²) in [4.78, 5) is 43.7. The number of carbonyl (C=O) groups is 3. The lowest BCUT2D eigenvalue weighted by molar-refractivity contribution is -0.143. The molecule has 3 aliphatic rings. The SMILES string of the molecule is O=C(C1CCN(C(=O)C2CC(=O)N(c3ccccc3Cl)C2)CC1)N1CCCCC1. The van der Waals surface area contributed by atoms with E-state index in [1.54, 1.807) is 11.0 Å². The highest BCUT2D eigenvalue weighted by atomic mass is 35.5. The number of halogens is 1. The van der Waals surface area contributed by atoms with Gasteiger partial charge in [-0.1, -0.05) is 23.7 Å². The van der Waals surface area contributed by atoms with Gasteiger partial charge in [0.05, 0.1) is 16.6 Å². The van der Waals surface area contributed by atoms with Gasteiger partial charge < -0.3 is 14.7 Å². The fourth-order valence-electron chi connectivity index (χ4n) is 4.75. The Hall–Kier alpha value is -2.08. The maximum atomic E-state index is 13.0. The zero-order valence-electron chi connectivity index (χ0n) is 16.7. The van der Waals surface area contributed by atoms with Crippen molar-refractivity contribution in [2.45, 2.75) is 38.5 Å². The Kier molecular flexibility index (Phi) is 6.09. The van der Waals surface area contributed by atoms with Gasteiger partial charge in [0.25, 0.3) is 0 Å². The van der Waals surface area contributed by atoms with Crippen LogP contribution in [0.2, 0.25) is 5.02 Å². The molecule has 6 nitrogen and oxygen atoms in total. The average Bonchev–Trinajstić information content (AvgIpc) is 3.15. The van der Waals surface area contributed by atoms with Gasteiger partial charge in [-0.2, -0.15) is 0 Å². The van der Waals surface area contributed by atoms with Gasteiger partial charge in [0.1, 0.15) is 0 Å². The first-order chi connectivity index (χ1) is 14.0. The minimum absolute atomic E-state index is 0.0248. The molecule has 0 spiro atoms. The van der Waals surface area contributed by atoms with Crippen LogP contribution in [0.15, 0.2) is 24.3 Å². The number of anilines is 1. The molecule has 7 heteroatoms. The second-order valence-electron chi connectivity index (χ2n) is 8.34. The second kappa shape index (κ2) is 8.74. The molecular formula is C22H28ClN3O3. The van der Waals surface area contributed by atoms with Crippen LogP contribution in [0.25, 0.3) is 0 Å². The molecule has 3 aliphatic heterocycles. The van der Waals surface area contributed by atoms with Crippen molar-refractivity contribution in [3.8, 4) is 0 Å². The first-order valence-corrected chi connectivity index (χ1v) is 11.0. The number of nitrogens with zero attached hydrogens (tertiary/aromatic N) is 3.